The Balaban J connectivity index is 0. The molecular weight excluding hydrogens is 343 g/mol. The summed E-state index contributed by atoms with van der Waals surface area (Å²) in [6.45, 7) is 8.00. The van der Waals surface area contributed by atoms with Crippen LogP contribution >= 0.6 is 0 Å². The molecule has 3 heteroatoms. The van der Waals surface area contributed by atoms with Gasteiger partial charge in [0.1, 0.15) is 5.60 Å². The van der Waals surface area contributed by atoms with Gasteiger partial charge < -0.3 is 4.74 Å². The zero-order valence-electron chi connectivity index (χ0n) is 13.6. The zero-order valence-corrected chi connectivity index (χ0v) is 17.6. The molecule has 0 aliphatic heterocycles. The summed E-state index contributed by atoms with van der Waals surface area (Å²) in [7, 11) is 0. The van der Waals surface area contributed by atoms with Crippen LogP contribution in [0, 0.1) is 0 Å². The number of carbonyl (C=O) groups excluding carboxylic acids is 1. The van der Waals surface area contributed by atoms with Crippen molar-refractivity contribution >= 4 is 29.9 Å². The third-order valence-electron chi connectivity index (χ3n) is 2.90. The monoisotopic (exact) mass is 378 g/mol. The number of rotatable bonds is 10. The summed E-state index contributed by atoms with van der Waals surface area (Å²) in [6.07, 6.45) is 12.1. The predicted octanol–water partition coefficient (Wildman–Crippen LogP) is 4.33. The summed E-state index contributed by atoms with van der Waals surface area (Å²) in [6, 6.07) is 0. The van der Waals surface area contributed by atoms with Crippen LogP contribution in [0.15, 0.2) is 0 Å². The molecule has 0 N–H and O–H groups in total. The molecule has 0 aromatic carbocycles. The first-order valence-electron chi connectivity index (χ1n) is 7.67. The van der Waals surface area contributed by atoms with E-state index in [1.54, 1.807) is 0 Å². The third kappa shape index (κ3) is 18.3. The van der Waals surface area contributed by atoms with Gasteiger partial charge >= 0.3 is 29.9 Å². The molecule has 0 saturated heterocycles. The minimum absolute atomic E-state index is 0. The number of esters is 1. The Labute approximate surface area is 137 Å². The van der Waals surface area contributed by atoms with Gasteiger partial charge in [0, 0.05) is 6.42 Å². The molecule has 114 valence electrons. The van der Waals surface area contributed by atoms with E-state index in [2.05, 4.69) is 6.92 Å². The summed E-state index contributed by atoms with van der Waals surface area (Å²) in [5.74, 6) is -0.0505. The second kappa shape index (κ2) is 13.3. The Kier molecular flexibility index (Phi) is 15.1. The molecule has 0 spiro atoms. The number of hydrogen-bond acceptors (Lipinski definition) is 2. The fourth-order valence-electron chi connectivity index (χ4n) is 1.97. The molecule has 0 saturated carbocycles. The van der Waals surface area contributed by atoms with Crippen LogP contribution < -0.4 is 0 Å². The van der Waals surface area contributed by atoms with Gasteiger partial charge in [0.05, 0.1) is 0 Å². The van der Waals surface area contributed by atoms with Gasteiger partial charge in [-0.3, -0.25) is 4.79 Å². The average Bonchev–Trinajstić information content (AvgIpc) is 2.24. The molecule has 0 atom stereocenters. The Bertz CT molecular complexity index is 209. The molecule has 2 radical (unpaired) electrons. The summed E-state index contributed by atoms with van der Waals surface area (Å²) in [5.41, 5.74) is -0.337. The molecule has 0 aromatic rings. The third-order valence-corrected chi connectivity index (χ3v) is 2.90. The first-order chi connectivity index (χ1) is 8.45. The average molecular weight is 377 g/mol. The maximum atomic E-state index is 11.4. The second-order valence-electron chi connectivity index (χ2n) is 6.16. The summed E-state index contributed by atoms with van der Waals surface area (Å²) < 4.78 is 5.27. The van der Waals surface area contributed by atoms with Crippen molar-refractivity contribution in [3.05, 3.63) is 0 Å². The topological polar surface area (TPSA) is 26.3 Å². The summed E-state index contributed by atoms with van der Waals surface area (Å²) in [5, 5.41) is 0. The molecular formula is C16H34O2Sn. The van der Waals surface area contributed by atoms with Crippen molar-refractivity contribution in [2.24, 2.45) is 0 Å². The minimum atomic E-state index is -0.337. The Morgan fingerprint density at radius 1 is 0.842 bits per heavy atom. The van der Waals surface area contributed by atoms with E-state index in [1.807, 2.05) is 20.8 Å². The van der Waals surface area contributed by atoms with Crippen LogP contribution in [0.3, 0.4) is 0 Å². The molecule has 0 aliphatic rings. The van der Waals surface area contributed by atoms with Crippen molar-refractivity contribution in [3.63, 3.8) is 0 Å². The van der Waals surface area contributed by atoms with E-state index in [9.17, 15) is 4.79 Å². The summed E-state index contributed by atoms with van der Waals surface area (Å²) >= 11 is 0. The van der Waals surface area contributed by atoms with Crippen LogP contribution in [-0.2, 0) is 9.53 Å². The fourth-order valence-corrected chi connectivity index (χ4v) is 1.97. The van der Waals surface area contributed by atoms with Gasteiger partial charge in [-0.05, 0) is 27.2 Å². The molecule has 2 nitrogen and oxygen atoms in total. The van der Waals surface area contributed by atoms with Crippen LogP contribution in [0.2, 0.25) is 0 Å². The van der Waals surface area contributed by atoms with Gasteiger partial charge in [0.2, 0.25) is 0 Å². The standard InChI is InChI=1S/C16H32O2.Sn.2H/c1-5-6-7-8-9-10-11-12-13-14-15(17)18-16(2,3)4;;;/h5-14H2,1-4H3;;;. The first-order valence-corrected chi connectivity index (χ1v) is 7.67. The first kappa shape index (κ1) is 21.6. The van der Waals surface area contributed by atoms with Crippen molar-refractivity contribution < 1.29 is 9.53 Å². The molecule has 0 heterocycles. The van der Waals surface area contributed by atoms with Crippen molar-refractivity contribution in [2.75, 3.05) is 0 Å². The SMILES string of the molecule is CCCCCCCCCCCC(=O)OC(C)(C)C.[SnH2]. The second-order valence-corrected chi connectivity index (χ2v) is 6.16. The van der Waals surface area contributed by atoms with E-state index in [1.165, 1.54) is 44.9 Å². The van der Waals surface area contributed by atoms with Gasteiger partial charge in [-0.2, -0.15) is 0 Å². The number of hydrogen-bond donors (Lipinski definition) is 0. The van der Waals surface area contributed by atoms with Gasteiger partial charge in [0.15, 0.2) is 0 Å². The predicted molar refractivity (Wildman–Crippen MR) is 86.2 cm³/mol. The van der Waals surface area contributed by atoms with Gasteiger partial charge in [0.25, 0.3) is 0 Å². The van der Waals surface area contributed by atoms with Gasteiger partial charge in [-0.25, -0.2) is 0 Å². The van der Waals surface area contributed by atoms with Crippen molar-refractivity contribution in [3.8, 4) is 0 Å². The Hall–Kier alpha value is 0.269. The molecule has 0 aromatic heterocycles. The van der Waals surface area contributed by atoms with Crippen LogP contribution in [0.1, 0.15) is 91.9 Å². The number of unbranched alkanes of at least 4 members (excludes halogenated alkanes) is 8. The quantitative estimate of drug-likeness (QED) is 0.322. The van der Waals surface area contributed by atoms with Crippen molar-refractivity contribution in [1.82, 2.24) is 0 Å². The van der Waals surface area contributed by atoms with Crippen molar-refractivity contribution in [2.45, 2.75) is 97.5 Å². The van der Waals surface area contributed by atoms with Gasteiger partial charge in [-0.15, -0.1) is 0 Å². The van der Waals surface area contributed by atoms with E-state index in [0.29, 0.717) is 6.42 Å². The maximum absolute atomic E-state index is 11.4. The van der Waals surface area contributed by atoms with E-state index in [-0.39, 0.29) is 35.5 Å². The number of ether oxygens (including phenoxy) is 1. The van der Waals surface area contributed by atoms with Gasteiger partial charge in [-0.1, -0.05) is 58.3 Å². The van der Waals surface area contributed by atoms with Crippen LogP contribution in [-0.4, -0.2) is 35.5 Å². The molecule has 19 heavy (non-hydrogen) atoms. The number of carbonyl (C=O) groups is 1. The van der Waals surface area contributed by atoms with Crippen LogP contribution in [0.25, 0.3) is 0 Å². The van der Waals surface area contributed by atoms with E-state index >= 15 is 0 Å². The van der Waals surface area contributed by atoms with E-state index < -0.39 is 0 Å². The van der Waals surface area contributed by atoms with E-state index in [4.69, 9.17) is 4.74 Å². The Morgan fingerprint density at radius 2 is 1.26 bits per heavy atom. The molecule has 0 aliphatic carbocycles. The Morgan fingerprint density at radius 3 is 1.68 bits per heavy atom. The van der Waals surface area contributed by atoms with Crippen LogP contribution in [0.5, 0.6) is 0 Å². The van der Waals surface area contributed by atoms with Crippen molar-refractivity contribution in [1.29, 1.82) is 0 Å². The molecule has 0 fully saturated rings. The summed E-state index contributed by atoms with van der Waals surface area (Å²) in [4.78, 5) is 11.4. The zero-order chi connectivity index (χ0) is 13.9. The van der Waals surface area contributed by atoms with Crippen LogP contribution in [0.4, 0.5) is 0 Å². The normalized spacial score (nSPS) is 10.9. The molecule has 0 unspecified atom stereocenters. The molecule has 0 bridgehead atoms. The fraction of sp³-hybridized carbons (Fsp3) is 0.938. The molecule has 0 amide bonds. The molecule has 0 rings (SSSR count). The van der Waals surface area contributed by atoms with E-state index in [0.717, 1.165) is 12.8 Å².